The molecule has 0 aliphatic heterocycles. The third-order valence-electron chi connectivity index (χ3n) is 1.29. The fourth-order valence-electron chi connectivity index (χ4n) is 0.801. The molecule has 2 nitrogen and oxygen atoms in total. The molecule has 0 atom stereocenters. The summed E-state index contributed by atoms with van der Waals surface area (Å²) >= 11 is 5.78. The summed E-state index contributed by atoms with van der Waals surface area (Å²) in [6, 6.07) is 5.23. The molecule has 0 N–H and O–H groups in total. The first-order valence-corrected chi connectivity index (χ1v) is 3.42. The third kappa shape index (κ3) is 1.57. The summed E-state index contributed by atoms with van der Waals surface area (Å²) in [5.41, 5.74) is 0. The Morgan fingerprint density at radius 1 is 1.45 bits per heavy atom. The standard InChI is InChI=1S/C8H8ClO2/c1-10-7-5-3-4-6(9)8(7)11-2/h3-5H,1H2,2H3. The van der Waals surface area contributed by atoms with Crippen LogP contribution in [0, 0.1) is 7.11 Å². The van der Waals surface area contributed by atoms with E-state index in [1.807, 2.05) is 0 Å². The van der Waals surface area contributed by atoms with Crippen LogP contribution in [0.5, 0.6) is 11.5 Å². The van der Waals surface area contributed by atoms with Crippen molar-refractivity contribution < 1.29 is 9.47 Å². The third-order valence-corrected chi connectivity index (χ3v) is 1.59. The minimum atomic E-state index is 0.518. The summed E-state index contributed by atoms with van der Waals surface area (Å²) in [4.78, 5) is 0. The molecule has 0 aliphatic rings. The molecule has 0 amide bonds. The number of hydrogen-bond donors (Lipinski definition) is 0. The molecule has 0 saturated carbocycles. The van der Waals surface area contributed by atoms with Gasteiger partial charge in [0.1, 0.15) is 7.11 Å². The summed E-state index contributed by atoms with van der Waals surface area (Å²) in [5, 5.41) is 0.522. The summed E-state index contributed by atoms with van der Waals surface area (Å²) < 4.78 is 9.73. The molecule has 1 rings (SSSR count). The van der Waals surface area contributed by atoms with E-state index in [0.717, 1.165) is 0 Å². The van der Waals surface area contributed by atoms with Gasteiger partial charge in [-0.1, -0.05) is 17.7 Å². The van der Waals surface area contributed by atoms with Crippen LogP contribution in [-0.4, -0.2) is 7.11 Å². The minimum absolute atomic E-state index is 0.518. The van der Waals surface area contributed by atoms with Gasteiger partial charge in [0.2, 0.25) is 0 Å². The highest BCUT2D eigenvalue weighted by Crippen LogP contribution is 2.33. The van der Waals surface area contributed by atoms with Crippen molar-refractivity contribution >= 4 is 11.6 Å². The van der Waals surface area contributed by atoms with E-state index in [9.17, 15) is 0 Å². The maximum Gasteiger partial charge on any atom is 0.179 e. The second-order valence-electron chi connectivity index (χ2n) is 1.92. The summed E-state index contributed by atoms with van der Waals surface area (Å²) in [6.07, 6.45) is 0. The number of ether oxygens (including phenoxy) is 2. The summed E-state index contributed by atoms with van der Waals surface area (Å²) in [6.45, 7) is 0. The van der Waals surface area contributed by atoms with E-state index in [4.69, 9.17) is 21.1 Å². The van der Waals surface area contributed by atoms with E-state index in [-0.39, 0.29) is 0 Å². The lowest BCUT2D eigenvalue weighted by Gasteiger charge is -2.07. The molecule has 1 aromatic rings. The van der Waals surface area contributed by atoms with Gasteiger partial charge in [-0.15, -0.1) is 0 Å². The zero-order valence-corrected chi connectivity index (χ0v) is 6.89. The van der Waals surface area contributed by atoms with Gasteiger partial charge in [0.05, 0.1) is 12.1 Å². The Labute approximate surface area is 70.7 Å². The largest absolute Gasteiger partial charge is 0.491 e. The molecule has 0 bridgehead atoms. The highest BCUT2D eigenvalue weighted by molar-refractivity contribution is 6.32. The molecule has 0 spiro atoms. The van der Waals surface area contributed by atoms with Gasteiger partial charge >= 0.3 is 0 Å². The van der Waals surface area contributed by atoms with E-state index in [1.54, 1.807) is 18.2 Å². The van der Waals surface area contributed by atoms with Gasteiger partial charge in [0, 0.05) is 0 Å². The Balaban J connectivity index is 3.13. The van der Waals surface area contributed by atoms with Crippen molar-refractivity contribution in [1.29, 1.82) is 0 Å². The molecule has 3 heteroatoms. The van der Waals surface area contributed by atoms with Crippen LogP contribution in [0.4, 0.5) is 0 Å². The van der Waals surface area contributed by atoms with Crippen LogP contribution < -0.4 is 9.47 Å². The predicted octanol–water partition coefficient (Wildman–Crippen LogP) is 2.52. The lowest BCUT2D eigenvalue weighted by molar-refractivity contribution is 0.376. The number of methoxy groups -OCH3 is 1. The molecule has 59 valence electrons. The molecule has 0 aromatic heterocycles. The Hall–Kier alpha value is -0.890. The second-order valence-corrected chi connectivity index (χ2v) is 2.32. The first kappa shape index (κ1) is 8.21. The normalized spacial score (nSPS) is 9.36. The minimum Gasteiger partial charge on any atom is -0.491 e. The number of halogens is 1. The van der Waals surface area contributed by atoms with Crippen LogP contribution in [0.25, 0.3) is 0 Å². The van der Waals surface area contributed by atoms with Crippen molar-refractivity contribution in [3.63, 3.8) is 0 Å². The van der Waals surface area contributed by atoms with Gasteiger partial charge in [-0.05, 0) is 12.1 Å². The molecule has 0 heterocycles. The average Bonchev–Trinajstić information content (AvgIpc) is 2.04. The summed E-state index contributed by atoms with van der Waals surface area (Å²) in [5.74, 6) is 1.06. The number of hydrogen-bond acceptors (Lipinski definition) is 2. The molecule has 1 aromatic carbocycles. The Bertz CT molecular complexity index is 248. The summed E-state index contributed by atoms with van der Waals surface area (Å²) in [7, 11) is 4.80. The first-order valence-electron chi connectivity index (χ1n) is 3.04. The first-order chi connectivity index (χ1) is 5.29. The van der Waals surface area contributed by atoms with Crippen LogP contribution in [0.15, 0.2) is 18.2 Å². The molecule has 0 fully saturated rings. The van der Waals surface area contributed by atoms with E-state index >= 15 is 0 Å². The quantitative estimate of drug-likeness (QED) is 0.681. The molecule has 0 saturated heterocycles. The number of rotatable bonds is 2. The molecule has 1 radical (unpaired) electrons. The number of para-hydroxylation sites is 1. The van der Waals surface area contributed by atoms with E-state index in [0.29, 0.717) is 16.5 Å². The van der Waals surface area contributed by atoms with Crippen LogP contribution in [-0.2, 0) is 0 Å². The van der Waals surface area contributed by atoms with Crippen LogP contribution >= 0.6 is 11.6 Å². The van der Waals surface area contributed by atoms with Crippen molar-refractivity contribution in [2.45, 2.75) is 0 Å². The predicted molar refractivity (Wildman–Crippen MR) is 44.0 cm³/mol. The zero-order valence-electron chi connectivity index (χ0n) is 6.13. The van der Waals surface area contributed by atoms with E-state index in [1.165, 1.54) is 7.11 Å². The van der Waals surface area contributed by atoms with Gasteiger partial charge in [-0.2, -0.15) is 0 Å². The van der Waals surface area contributed by atoms with Gasteiger partial charge in [0.15, 0.2) is 11.5 Å². The van der Waals surface area contributed by atoms with Gasteiger partial charge < -0.3 is 9.47 Å². The SMILES string of the molecule is [CH2]Oc1cccc(Cl)c1OC. The molecular weight excluding hydrogens is 164 g/mol. The fourth-order valence-corrected chi connectivity index (χ4v) is 1.04. The molecular formula is C8H8ClO2. The van der Waals surface area contributed by atoms with Crippen molar-refractivity contribution in [3.8, 4) is 11.5 Å². The smallest absolute Gasteiger partial charge is 0.179 e. The maximum atomic E-state index is 5.78. The van der Waals surface area contributed by atoms with Gasteiger partial charge in [-0.25, -0.2) is 0 Å². The molecule has 11 heavy (non-hydrogen) atoms. The Morgan fingerprint density at radius 3 is 2.64 bits per heavy atom. The van der Waals surface area contributed by atoms with E-state index in [2.05, 4.69) is 7.11 Å². The van der Waals surface area contributed by atoms with Gasteiger partial charge in [-0.3, -0.25) is 0 Å². The topological polar surface area (TPSA) is 18.5 Å². The molecule has 0 unspecified atom stereocenters. The maximum absolute atomic E-state index is 5.78. The highest BCUT2D eigenvalue weighted by Gasteiger charge is 2.05. The highest BCUT2D eigenvalue weighted by atomic mass is 35.5. The van der Waals surface area contributed by atoms with E-state index < -0.39 is 0 Å². The van der Waals surface area contributed by atoms with Crippen molar-refractivity contribution in [1.82, 2.24) is 0 Å². The van der Waals surface area contributed by atoms with Crippen molar-refractivity contribution in [2.24, 2.45) is 0 Å². The molecule has 0 aliphatic carbocycles. The van der Waals surface area contributed by atoms with Crippen LogP contribution in [0.1, 0.15) is 0 Å². The van der Waals surface area contributed by atoms with Gasteiger partial charge in [0.25, 0.3) is 0 Å². The lowest BCUT2D eigenvalue weighted by atomic mass is 10.3. The fraction of sp³-hybridized carbons (Fsp3) is 0.125. The van der Waals surface area contributed by atoms with Crippen LogP contribution in [0.3, 0.4) is 0 Å². The zero-order chi connectivity index (χ0) is 8.27. The average molecular weight is 172 g/mol. The lowest BCUT2D eigenvalue weighted by Crippen LogP contribution is -1.88. The Morgan fingerprint density at radius 2 is 2.18 bits per heavy atom. The van der Waals surface area contributed by atoms with Crippen molar-refractivity contribution in [2.75, 3.05) is 7.11 Å². The Kier molecular flexibility index (Phi) is 2.60. The van der Waals surface area contributed by atoms with Crippen molar-refractivity contribution in [3.05, 3.63) is 30.3 Å². The number of benzene rings is 1. The van der Waals surface area contributed by atoms with Crippen LogP contribution in [0.2, 0.25) is 5.02 Å². The monoisotopic (exact) mass is 171 g/mol. The second kappa shape index (κ2) is 3.49.